The van der Waals surface area contributed by atoms with E-state index in [1.54, 1.807) is 66.0 Å². The average Bonchev–Trinajstić information content (AvgIpc) is 3.45. The van der Waals surface area contributed by atoms with Gasteiger partial charge < -0.3 is 4.84 Å². The highest BCUT2D eigenvalue weighted by Crippen LogP contribution is 2.47. The average molecular weight is 387 g/mol. The number of fused-ring (bicyclic) bond motifs is 1. The van der Waals surface area contributed by atoms with E-state index in [0.29, 0.717) is 21.6 Å². The molecule has 0 unspecified atom stereocenters. The van der Waals surface area contributed by atoms with Crippen molar-refractivity contribution < 1.29 is 19.2 Å². The van der Waals surface area contributed by atoms with Crippen LogP contribution < -0.4 is 0 Å². The molecule has 3 aromatic rings. The maximum Gasteiger partial charge on any atom is 0.274 e. The minimum absolute atomic E-state index is 0.0724. The number of hydrogen-bond acceptors (Lipinski definition) is 6. The van der Waals surface area contributed by atoms with Crippen molar-refractivity contribution in [2.45, 2.75) is 11.5 Å². The smallest absolute Gasteiger partial charge is 0.274 e. The lowest BCUT2D eigenvalue weighted by Gasteiger charge is -2.26. The van der Waals surface area contributed by atoms with Crippen molar-refractivity contribution in [3.63, 3.8) is 0 Å². The highest BCUT2D eigenvalue weighted by atomic mass is 32.1. The number of Topliss-reactive ketones (excluding diaryl/α,β-unsaturated/α-hetero) is 3. The molecule has 1 spiro atoms. The second kappa shape index (κ2) is 6.07. The Morgan fingerprint density at radius 3 is 2.14 bits per heavy atom. The SMILES string of the molecule is O=C(C1=NOC2(C(=O)c3ccccc3C2=O)[C@H]1c1ccccc1)c1cccs1. The molecule has 0 radical (unpaired) electrons. The van der Waals surface area contributed by atoms with Crippen LogP contribution in [0.3, 0.4) is 0 Å². The van der Waals surface area contributed by atoms with Crippen molar-refractivity contribution >= 4 is 34.4 Å². The molecule has 28 heavy (non-hydrogen) atoms. The summed E-state index contributed by atoms with van der Waals surface area (Å²) in [6.07, 6.45) is 0. The summed E-state index contributed by atoms with van der Waals surface area (Å²) in [6, 6.07) is 19.1. The molecule has 0 amide bonds. The standard InChI is InChI=1S/C22H13NO4S/c24-19(16-11-6-12-28-16)18-17(13-7-2-1-3-8-13)22(27-23-18)20(25)14-9-4-5-10-15(14)21(22)26/h1-12,17H/t17-/m0/s1. The number of oxime groups is 1. The van der Waals surface area contributed by atoms with E-state index in [-0.39, 0.29) is 11.5 Å². The van der Waals surface area contributed by atoms with E-state index >= 15 is 0 Å². The number of thiophene rings is 1. The number of carbonyl (C=O) groups excluding carboxylic acids is 3. The van der Waals surface area contributed by atoms with E-state index in [9.17, 15) is 14.4 Å². The van der Waals surface area contributed by atoms with Crippen LogP contribution in [0.25, 0.3) is 0 Å². The van der Waals surface area contributed by atoms with Crippen molar-refractivity contribution in [2.24, 2.45) is 5.16 Å². The summed E-state index contributed by atoms with van der Waals surface area (Å²) in [5.74, 6) is -2.16. The van der Waals surface area contributed by atoms with Crippen molar-refractivity contribution in [3.05, 3.63) is 93.7 Å². The van der Waals surface area contributed by atoms with Gasteiger partial charge in [-0.15, -0.1) is 11.3 Å². The van der Waals surface area contributed by atoms with Gasteiger partial charge in [0.2, 0.25) is 17.3 Å². The monoisotopic (exact) mass is 387 g/mol. The van der Waals surface area contributed by atoms with Crippen LogP contribution >= 0.6 is 11.3 Å². The summed E-state index contributed by atoms with van der Waals surface area (Å²) in [4.78, 5) is 45.8. The predicted molar refractivity (Wildman–Crippen MR) is 104 cm³/mol. The van der Waals surface area contributed by atoms with Gasteiger partial charge in [-0.05, 0) is 17.0 Å². The second-order valence-electron chi connectivity index (χ2n) is 6.66. The molecule has 0 bridgehead atoms. The van der Waals surface area contributed by atoms with Crippen molar-refractivity contribution in [3.8, 4) is 0 Å². The van der Waals surface area contributed by atoms with Crippen LogP contribution in [0.1, 0.15) is 41.9 Å². The Kier molecular flexibility index (Phi) is 3.64. The first-order valence-corrected chi connectivity index (χ1v) is 9.60. The number of carbonyl (C=O) groups is 3. The van der Waals surface area contributed by atoms with Crippen LogP contribution in [-0.4, -0.2) is 28.7 Å². The first kappa shape index (κ1) is 16.8. The Bertz CT molecular complexity index is 1110. The Morgan fingerprint density at radius 1 is 0.893 bits per heavy atom. The first-order valence-electron chi connectivity index (χ1n) is 8.72. The minimum atomic E-state index is -1.87. The second-order valence-corrected chi connectivity index (χ2v) is 7.61. The van der Waals surface area contributed by atoms with Gasteiger partial charge in [0.1, 0.15) is 5.71 Å². The zero-order chi connectivity index (χ0) is 19.3. The number of rotatable bonds is 3. The van der Waals surface area contributed by atoms with E-state index in [4.69, 9.17) is 4.84 Å². The van der Waals surface area contributed by atoms with Crippen LogP contribution in [0.15, 0.2) is 77.3 Å². The van der Waals surface area contributed by atoms with Crippen LogP contribution in [-0.2, 0) is 4.84 Å². The van der Waals surface area contributed by atoms with Crippen LogP contribution in [0.4, 0.5) is 0 Å². The molecule has 1 aromatic heterocycles. The van der Waals surface area contributed by atoms with Crippen LogP contribution in [0, 0.1) is 0 Å². The fraction of sp³-hybridized carbons (Fsp3) is 0.0909. The van der Waals surface area contributed by atoms with Gasteiger partial charge >= 0.3 is 0 Å². The topological polar surface area (TPSA) is 72.8 Å². The lowest BCUT2D eigenvalue weighted by atomic mass is 9.75. The summed E-state index contributed by atoms with van der Waals surface area (Å²) in [5, 5.41) is 5.79. The number of benzene rings is 2. The third-order valence-electron chi connectivity index (χ3n) is 5.17. The zero-order valence-corrected chi connectivity index (χ0v) is 15.3. The van der Waals surface area contributed by atoms with Gasteiger partial charge in [0, 0.05) is 11.1 Å². The molecular weight excluding hydrogens is 374 g/mol. The van der Waals surface area contributed by atoms with Crippen LogP contribution in [0.5, 0.6) is 0 Å². The van der Waals surface area contributed by atoms with Crippen molar-refractivity contribution in [1.29, 1.82) is 0 Å². The van der Waals surface area contributed by atoms with Gasteiger partial charge in [0.25, 0.3) is 5.60 Å². The number of nitrogens with zero attached hydrogens (tertiary/aromatic N) is 1. The highest BCUT2D eigenvalue weighted by Gasteiger charge is 2.66. The lowest BCUT2D eigenvalue weighted by Crippen LogP contribution is -2.48. The van der Waals surface area contributed by atoms with Crippen molar-refractivity contribution in [1.82, 2.24) is 0 Å². The molecule has 5 nitrogen and oxygen atoms in total. The summed E-state index contributed by atoms with van der Waals surface area (Å²) in [5.41, 5.74) is -0.559. The van der Waals surface area contributed by atoms with E-state index in [1.807, 2.05) is 6.07 Å². The minimum Gasteiger partial charge on any atom is -0.371 e. The highest BCUT2D eigenvalue weighted by molar-refractivity contribution is 7.13. The lowest BCUT2D eigenvalue weighted by molar-refractivity contribution is 0.00129. The maximum atomic E-state index is 13.3. The van der Waals surface area contributed by atoms with E-state index < -0.39 is 23.1 Å². The van der Waals surface area contributed by atoms with Gasteiger partial charge in [-0.3, -0.25) is 14.4 Å². The summed E-state index contributed by atoms with van der Waals surface area (Å²) in [7, 11) is 0. The largest absolute Gasteiger partial charge is 0.371 e. The molecule has 1 atom stereocenters. The Balaban J connectivity index is 1.69. The van der Waals surface area contributed by atoms with E-state index in [2.05, 4.69) is 5.16 Å². The quantitative estimate of drug-likeness (QED) is 0.504. The van der Waals surface area contributed by atoms with Crippen molar-refractivity contribution in [2.75, 3.05) is 0 Å². The molecule has 2 heterocycles. The molecule has 2 aliphatic rings. The number of hydrogen-bond donors (Lipinski definition) is 0. The van der Waals surface area contributed by atoms with Gasteiger partial charge in [-0.2, -0.15) is 0 Å². The first-order chi connectivity index (χ1) is 13.6. The molecule has 5 rings (SSSR count). The molecule has 0 fully saturated rings. The molecule has 2 aromatic carbocycles. The molecule has 136 valence electrons. The fourth-order valence-electron chi connectivity index (χ4n) is 3.89. The third kappa shape index (κ3) is 2.12. The normalized spacial score (nSPS) is 19.4. The molecule has 0 saturated heterocycles. The summed E-state index contributed by atoms with van der Waals surface area (Å²) < 4.78 is 0. The van der Waals surface area contributed by atoms with E-state index in [1.165, 1.54) is 11.3 Å². The molecular formula is C22H13NO4S. The fourth-order valence-corrected chi connectivity index (χ4v) is 4.56. The maximum absolute atomic E-state index is 13.3. The molecule has 1 aliphatic carbocycles. The summed E-state index contributed by atoms with van der Waals surface area (Å²) in [6.45, 7) is 0. The van der Waals surface area contributed by atoms with Gasteiger partial charge in [-0.25, -0.2) is 0 Å². The van der Waals surface area contributed by atoms with Gasteiger partial charge in [0.05, 0.1) is 10.8 Å². The van der Waals surface area contributed by atoms with E-state index in [0.717, 1.165) is 0 Å². The molecule has 1 aliphatic heterocycles. The molecule has 6 heteroatoms. The molecule has 0 N–H and O–H groups in total. The Labute approximate surface area is 164 Å². The predicted octanol–water partition coefficient (Wildman–Crippen LogP) is 3.92. The van der Waals surface area contributed by atoms with Gasteiger partial charge in [-0.1, -0.05) is 65.8 Å². The Morgan fingerprint density at radius 2 is 1.54 bits per heavy atom. The summed E-state index contributed by atoms with van der Waals surface area (Å²) >= 11 is 1.28. The number of ketones is 3. The Hall–Kier alpha value is -3.38. The molecule has 0 saturated carbocycles. The third-order valence-corrected chi connectivity index (χ3v) is 6.04. The van der Waals surface area contributed by atoms with Crippen LogP contribution in [0.2, 0.25) is 0 Å². The zero-order valence-electron chi connectivity index (χ0n) is 14.5. The van der Waals surface area contributed by atoms with Gasteiger partial charge in [0.15, 0.2) is 0 Å².